The molecule has 0 radical (unpaired) electrons. The molecule has 3 aromatic carbocycles. The lowest BCUT2D eigenvalue weighted by Crippen LogP contribution is -2.03. The van der Waals surface area contributed by atoms with Crippen LogP contribution in [0.25, 0.3) is 11.1 Å². The quantitative estimate of drug-likeness (QED) is 0.363. The number of aryl methyl sites for hydroxylation is 1. The molecule has 0 saturated carbocycles. The molecule has 3 rings (SSSR count). The Morgan fingerprint density at radius 1 is 0.839 bits per heavy atom. The van der Waals surface area contributed by atoms with Gasteiger partial charge in [0.25, 0.3) is 0 Å². The van der Waals surface area contributed by atoms with Gasteiger partial charge in [0.05, 0.1) is 12.7 Å². The predicted molar refractivity (Wildman–Crippen MR) is 123 cm³/mol. The summed E-state index contributed by atoms with van der Waals surface area (Å²) in [6.07, 6.45) is 0.605. The van der Waals surface area contributed by atoms with Crippen LogP contribution in [0.2, 0.25) is 0 Å². The van der Waals surface area contributed by atoms with Crippen molar-refractivity contribution in [3.05, 3.63) is 89.5 Å². The summed E-state index contributed by atoms with van der Waals surface area (Å²) >= 11 is 0. The molecular weight excluding hydrogens is 411 g/mol. The molecule has 0 amide bonds. The lowest BCUT2D eigenvalue weighted by Gasteiger charge is -2.15. The monoisotopic (exact) mass is 440 g/mol. The number of phosphoric acid groups is 1. The van der Waals surface area contributed by atoms with Crippen LogP contribution in [-0.4, -0.2) is 11.0 Å². The van der Waals surface area contributed by atoms with E-state index in [0.29, 0.717) is 6.61 Å². The molecule has 3 aromatic rings. The van der Waals surface area contributed by atoms with E-state index in [1.165, 1.54) is 5.56 Å². The Hall–Kier alpha value is -2.43. The number of hydrogen-bond donors (Lipinski definition) is 1. The van der Waals surface area contributed by atoms with Gasteiger partial charge in [-0.15, -0.1) is 0 Å². The van der Waals surface area contributed by atoms with E-state index in [9.17, 15) is 9.46 Å². The van der Waals surface area contributed by atoms with E-state index in [2.05, 4.69) is 31.2 Å². The Labute approximate surface area is 184 Å². The maximum absolute atomic E-state index is 11.9. The van der Waals surface area contributed by atoms with E-state index in [0.717, 1.165) is 34.4 Å². The Balaban J connectivity index is 1.67. The van der Waals surface area contributed by atoms with Crippen molar-refractivity contribution in [2.24, 2.45) is 0 Å². The molecule has 31 heavy (non-hydrogen) atoms. The van der Waals surface area contributed by atoms with Crippen molar-refractivity contribution < 1.29 is 23.2 Å². The Morgan fingerprint density at radius 3 is 2.16 bits per heavy atom. The first-order valence-corrected chi connectivity index (χ1v) is 11.9. The van der Waals surface area contributed by atoms with Crippen molar-refractivity contribution in [2.75, 3.05) is 0 Å². The minimum absolute atomic E-state index is 0.0156. The van der Waals surface area contributed by atoms with Gasteiger partial charge in [-0.25, -0.2) is 4.57 Å². The van der Waals surface area contributed by atoms with Crippen LogP contribution in [0.5, 0.6) is 5.75 Å². The molecule has 0 aliphatic carbocycles. The zero-order valence-corrected chi connectivity index (χ0v) is 19.0. The average Bonchev–Trinajstić information content (AvgIpc) is 2.76. The van der Waals surface area contributed by atoms with Crippen LogP contribution in [0.4, 0.5) is 0 Å². The molecule has 0 fully saturated rings. The molecule has 0 bridgehead atoms. The normalized spacial score (nSPS) is 13.2. The van der Waals surface area contributed by atoms with Gasteiger partial charge >= 0.3 is 7.82 Å². The highest BCUT2D eigenvalue weighted by Crippen LogP contribution is 2.45. The molecule has 1 atom stereocenters. The number of benzene rings is 3. The summed E-state index contributed by atoms with van der Waals surface area (Å²) in [5.74, 6) is 0.784. The lowest BCUT2D eigenvalue weighted by atomic mass is 10.0. The van der Waals surface area contributed by atoms with Crippen LogP contribution in [0.15, 0.2) is 72.8 Å². The summed E-state index contributed by atoms with van der Waals surface area (Å²) < 4.78 is 28.0. The molecule has 1 N–H and O–H groups in total. The van der Waals surface area contributed by atoms with E-state index in [-0.39, 0.29) is 6.61 Å². The van der Waals surface area contributed by atoms with E-state index in [1.807, 2.05) is 48.5 Å². The molecule has 0 aromatic heterocycles. The van der Waals surface area contributed by atoms with E-state index in [4.69, 9.17) is 13.8 Å². The van der Waals surface area contributed by atoms with E-state index >= 15 is 0 Å². The van der Waals surface area contributed by atoms with Gasteiger partial charge in [-0.3, -0.25) is 9.05 Å². The zero-order chi connectivity index (χ0) is 22.3. The van der Waals surface area contributed by atoms with E-state index in [1.54, 1.807) is 13.8 Å². The summed E-state index contributed by atoms with van der Waals surface area (Å²) in [4.78, 5) is 9.75. The van der Waals surface area contributed by atoms with Crippen molar-refractivity contribution in [1.29, 1.82) is 0 Å². The summed E-state index contributed by atoms with van der Waals surface area (Å²) in [6, 6.07) is 23.9. The highest BCUT2D eigenvalue weighted by atomic mass is 31.2. The first-order valence-electron chi connectivity index (χ1n) is 10.4. The molecule has 5 nitrogen and oxygen atoms in total. The fraction of sp³-hybridized carbons (Fsp3) is 0.280. The van der Waals surface area contributed by atoms with Crippen molar-refractivity contribution >= 4 is 7.82 Å². The fourth-order valence-electron chi connectivity index (χ4n) is 3.17. The van der Waals surface area contributed by atoms with Gasteiger partial charge in [0, 0.05) is 0 Å². The molecule has 0 aliphatic rings. The third-order valence-electron chi connectivity index (χ3n) is 4.64. The van der Waals surface area contributed by atoms with Crippen molar-refractivity contribution in [2.45, 2.75) is 46.5 Å². The molecular formula is C25H29O5P. The molecule has 6 heteroatoms. The minimum atomic E-state index is -4.07. The standard InChI is InChI=1S/C25H29O5P/c1-4-20-8-5-9-21(14-20)17-28-25-13-7-12-24(16-25)23-11-6-10-22(15-23)18-29-31(26,27)30-19(2)3/h5-16,19H,4,17-18H2,1-3H3,(H,26,27). The Kier molecular flexibility index (Phi) is 8.05. The van der Waals surface area contributed by atoms with E-state index < -0.39 is 13.9 Å². The molecule has 0 saturated heterocycles. The highest BCUT2D eigenvalue weighted by molar-refractivity contribution is 7.47. The van der Waals surface area contributed by atoms with Gasteiger partial charge in [0.15, 0.2) is 0 Å². The van der Waals surface area contributed by atoms with Gasteiger partial charge in [-0.1, -0.05) is 61.5 Å². The first-order chi connectivity index (χ1) is 14.8. The van der Waals surface area contributed by atoms with Crippen LogP contribution in [-0.2, 0) is 33.2 Å². The summed E-state index contributed by atoms with van der Waals surface area (Å²) in [5.41, 5.74) is 5.17. The lowest BCUT2D eigenvalue weighted by molar-refractivity contribution is 0.116. The molecule has 1 unspecified atom stereocenters. The second-order valence-electron chi connectivity index (χ2n) is 7.59. The maximum atomic E-state index is 11.9. The smallest absolute Gasteiger partial charge is 0.472 e. The first kappa shape index (κ1) is 23.2. The van der Waals surface area contributed by atoms with Crippen LogP contribution < -0.4 is 4.74 Å². The van der Waals surface area contributed by atoms with Gasteiger partial charge < -0.3 is 9.63 Å². The topological polar surface area (TPSA) is 65.0 Å². The van der Waals surface area contributed by atoms with Crippen molar-refractivity contribution in [3.63, 3.8) is 0 Å². The summed E-state index contributed by atoms with van der Waals surface area (Å²) in [7, 11) is -4.07. The molecule has 0 aliphatic heterocycles. The number of ether oxygens (including phenoxy) is 1. The number of hydrogen-bond acceptors (Lipinski definition) is 4. The maximum Gasteiger partial charge on any atom is 0.472 e. The predicted octanol–water partition coefficient (Wildman–Crippen LogP) is 6.54. The van der Waals surface area contributed by atoms with Crippen LogP contribution in [0, 0.1) is 0 Å². The third kappa shape index (κ3) is 7.34. The second kappa shape index (κ2) is 10.7. The molecule has 0 heterocycles. The van der Waals surface area contributed by atoms with Crippen molar-refractivity contribution in [1.82, 2.24) is 0 Å². The van der Waals surface area contributed by atoms with Crippen LogP contribution in [0.3, 0.4) is 0 Å². The zero-order valence-electron chi connectivity index (χ0n) is 18.2. The molecule has 0 spiro atoms. The number of rotatable bonds is 10. The van der Waals surface area contributed by atoms with Gasteiger partial charge in [-0.05, 0) is 66.3 Å². The highest BCUT2D eigenvalue weighted by Gasteiger charge is 2.22. The Bertz CT molecular complexity index is 1050. The van der Waals surface area contributed by atoms with Crippen LogP contribution in [0.1, 0.15) is 37.5 Å². The SMILES string of the molecule is CCc1cccc(COc2cccc(-c3cccc(COP(=O)(O)OC(C)C)c3)c2)c1. The largest absolute Gasteiger partial charge is 0.489 e. The average molecular weight is 440 g/mol. The minimum Gasteiger partial charge on any atom is -0.489 e. The summed E-state index contributed by atoms with van der Waals surface area (Å²) in [6.45, 7) is 6.00. The Morgan fingerprint density at radius 2 is 1.45 bits per heavy atom. The van der Waals surface area contributed by atoms with Gasteiger partial charge in [0.1, 0.15) is 12.4 Å². The molecule has 164 valence electrons. The van der Waals surface area contributed by atoms with Crippen LogP contribution >= 0.6 is 7.82 Å². The fourth-order valence-corrected chi connectivity index (χ4v) is 4.07. The van der Waals surface area contributed by atoms with Gasteiger partial charge in [0.2, 0.25) is 0 Å². The third-order valence-corrected chi connectivity index (χ3v) is 5.78. The van der Waals surface area contributed by atoms with Crippen molar-refractivity contribution in [3.8, 4) is 16.9 Å². The second-order valence-corrected chi connectivity index (χ2v) is 8.99. The van der Waals surface area contributed by atoms with Gasteiger partial charge in [-0.2, -0.15) is 0 Å². The summed E-state index contributed by atoms with van der Waals surface area (Å²) in [5, 5.41) is 0. The number of phosphoric ester groups is 1.